The number of methoxy groups -OCH3 is 2. The summed E-state index contributed by atoms with van der Waals surface area (Å²) < 4.78 is 10.6. The van der Waals surface area contributed by atoms with Crippen LogP contribution in [0.2, 0.25) is 0 Å². The second-order valence-corrected chi connectivity index (χ2v) is 7.23. The smallest absolute Gasteiger partial charge is 0.257 e. The van der Waals surface area contributed by atoms with Crippen LogP contribution in [-0.2, 0) is 0 Å². The maximum absolute atomic E-state index is 13.1. The van der Waals surface area contributed by atoms with E-state index < -0.39 is 0 Å². The fraction of sp³-hybridized carbons (Fsp3) is 0.273. The van der Waals surface area contributed by atoms with Gasteiger partial charge in [0.15, 0.2) is 0 Å². The van der Waals surface area contributed by atoms with Crippen LogP contribution in [0.4, 0.5) is 0 Å². The summed E-state index contributed by atoms with van der Waals surface area (Å²) in [7, 11) is 3.05. The summed E-state index contributed by atoms with van der Waals surface area (Å²) in [5, 5.41) is 0. The van der Waals surface area contributed by atoms with Crippen LogP contribution in [0.25, 0.3) is 11.3 Å². The van der Waals surface area contributed by atoms with E-state index in [1.165, 1.54) is 26.5 Å². The summed E-state index contributed by atoms with van der Waals surface area (Å²) in [4.78, 5) is 49.0. The zero-order valence-corrected chi connectivity index (χ0v) is 17.2. The number of pyridine rings is 1. The van der Waals surface area contributed by atoms with Crippen LogP contribution in [0.1, 0.15) is 28.5 Å². The van der Waals surface area contributed by atoms with Gasteiger partial charge in [0.1, 0.15) is 17.3 Å². The highest BCUT2D eigenvalue weighted by Crippen LogP contribution is 2.30. The van der Waals surface area contributed by atoms with Crippen molar-refractivity contribution in [3.8, 4) is 22.8 Å². The number of amides is 1. The molecular formula is C22H22N4O5. The Kier molecular flexibility index (Phi) is 5.57. The molecule has 1 atom stereocenters. The third kappa shape index (κ3) is 4.07. The van der Waals surface area contributed by atoms with Gasteiger partial charge in [0.05, 0.1) is 31.0 Å². The Bertz CT molecular complexity index is 1230. The Morgan fingerprint density at radius 2 is 2.00 bits per heavy atom. The number of hydrogen-bond acceptors (Lipinski definition) is 6. The number of nitrogens with zero attached hydrogens (tertiary/aromatic N) is 2. The van der Waals surface area contributed by atoms with Crippen molar-refractivity contribution in [1.29, 1.82) is 0 Å². The zero-order chi connectivity index (χ0) is 22.0. The highest BCUT2D eigenvalue weighted by molar-refractivity contribution is 5.97. The number of H-pyrrole nitrogens is 2. The number of ether oxygens (including phenoxy) is 2. The van der Waals surface area contributed by atoms with E-state index in [0.717, 1.165) is 0 Å². The molecule has 1 aliphatic rings. The fourth-order valence-electron chi connectivity index (χ4n) is 3.75. The molecule has 4 rings (SSSR count). The molecule has 0 aliphatic carbocycles. The Balaban J connectivity index is 1.60. The number of hydrogen-bond donors (Lipinski definition) is 2. The first kappa shape index (κ1) is 20.4. The van der Waals surface area contributed by atoms with Crippen LogP contribution in [0.3, 0.4) is 0 Å². The molecule has 9 heteroatoms. The lowest BCUT2D eigenvalue weighted by atomic mass is 10.1. The quantitative estimate of drug-likeness (QED) is 0.647. The lowest BCUT2D eigenvalue weighted by molar-refractivity contribution is 0.0786. The molecule has 1 aliphatic heterocycles. The number of nitrogens with one attached hydrogen (secondary N) is 2. The van der Waals surface area contributed by atoms with Crippen LogP contribution in [-0.4, -0.2) is 53.1 Å². The molecule has 2 aromatic heterocycles. The Morgan fingerprint density at radius 1 is 1.16 bits per heavy atom. The minimum atomic E-state index is -0.345. The maximum atomic E-state index is 13.1. The standard InChI is InChI=1S/C22H22N4O5/c1-30-14-5-6-18(31-2)16(10-14)22(29)26-9-7-13(12-26)20-24-17(11-19(27)25-20)15-4-3-8-23-21(15)28/h3-6,8,10-11,13H,7,9,12H2,1-2H3,(H,23,28)(H,24,25,27). The van der Waals surface area contributed by atoms with Crippen LogP contribution in [0.15, 0.2) is 52.2 Å². The number of benzene rings is 1. The van der Waals surface area contributed by atoms with E-state index in [2.05, 4.69) is 15.0 Å². The number of carbonyl (C=O) groups is 1. The molecule has 31 heavy (non-hydrogen) atoms. The third-order valence-electron chi connectivity index (χ3n) is 5.35. The number of rotatable bonds is 5. The molecule has 1 aromatic carbocycles. The Morgan fingerprint density at radius 3 is 2.74 bits per heavy atom. The second-order valence-electron chi connectivity index (χ2n) is 7.23. The van der Waals surface area contributed by atoms with Gasteiger partial charge in [-0.25, -0.2) is 4.98 Å². The van der Waals surface area contributed by atoms with Crippen molar-refractivity contribution in [3.05, 3.63) is 74.7 Å². The predicted molar refractivity (Wildman–Crippen MR) is 114 cm³/mol. The minimum absolute atomic E-state index is 0.156. The SMILES string of the molecule is COc1ccc(OC)c(C(=O)N2CCC(c3nc(-c4ccc[nH]c4=O)cc(=O)[nH]3)C2)c1. The molecule has 0 spiro atoms. The summed E-state index contributed by atoms with van der Waals surface area (Å²) in [5.74, 6) is 1.14. The summed E-state index contributed by atoms with van der Waals surface area (Å²) in [5.41, 5.74) is 0.373. The first-order valence-corrected chi connectivity index (χ1v) is 9.80. The largest absolute Gasteiger partial charge is 0.497 e. The van der Waals surface area contributed by atoms with Gasteiger partial charge in [-0.05, 0) is 36.8 Å². The molecule has 0 saturated carbocycles. The summed E-state index contributed by atoms with van der Waals surface area (Å²) in [6.07, 6.45) is 2.16. The van der Waals surface area contributed by atoms with Crippen LogP contribution >= 0.6 is 0 Å². The molecule has 1 fully saturated rings. The van der Waals surface area contributed by atoms with Gasteiger partial charge in [0, 0.05) is 31.3 Å². The predicted octanol–water partition coefficient (Wildman–Crippen LogP) is 1.77. The molecule has 9 nitrogen and oxygen atoms in total. The highest BCUT2D eigenvalue weighted by Gasteiger charge is 2.31. The topological polar surface area (TPSA) is 117 Å². The molecule has 1 unspecified atom stereocenters. The van der Waals surface area contributed by atoms with E-state index in [0.29, 0.717) is 53.7 Å². The monoisotopic (exact) mass is 422 g/mol. The van der Waals surface area contributed by atoms with Crippen LogP contribution in [0.5, 0.6) is 11.5 Å². The van der Waals surface area contributed by atoms with E-state index in [9.17, 15) is 14.4 Å². The molecule has 1 saturated heterocycles. The van der Waals surface area contributed by atoms with Crippen molar-refractivity contribution in [3.63, 3.8) is 0 Å². The average molecular weight is 422 g/mol. The van der Waals surface area contributed by atoms with E-state index in [4.69, 9.17) is 9.47 Å². The number of aromatic amines is 2. The van der Waals surface area contributed by atoms with E-state index in [1.807, 2.05) is 0 Å². The van der Waals surface area contributed by atoms with Crippen molar-refractivity contribution in [2.75, 3.05) is 27.3 Å². The maximum Gasteiger partial charge on any atom is 0.257 e. The zero-order valence-electron chi connectivity index (χ0n) is 17.2. The van der Waals surface area contributed by atoms with Crippen molar-refractivity contribution in [2.45, 2.75) is 12.3 Å². The van der Waals surface area contributed by atoms with Gasteiger partial charge < -0.3 is 24.3 Å². The van der Waals surface area contributed by atoms with Crippen LogP contribution in [0, 0.1) is 0 Å². The first-order chi connectivity index (χ1) is 15.0. The summed E-state index contributed by atoms with van der Waals surface area (Å²) in [6.45, 7) is 0.889. The van der Waals surface area contributed by atoms with Gasteiger partial charge in [0.2, 0.25) is 0 Å². The number of carbonyl (C=O) groups excluding carboxylic acids is 1. The minimum Gasteiger partial charge on any atom is -0.497 e. The molecule has 0 bridgehead atoms. The molecule has 3 heterocycles. The Labute approximate surface area is 177 Å². The van der Waals surface area contributed by atoms with Gasteiger partial charge in [-0.2, -0.15) is 0 Å². The van der Waals surface area contributed by atoms with Crippen molar-refractivity contribution >= 4 is 5.91 Å². The third-order valence-corrected chi connectivity index (χ3v) is 5.35. The van der Waals surface area contributed by atoms with Crippen LogP contribution < -0.4 is 20.6 Å². The van der Waals surface area contributed by atoms with Crippen molar-refractivity contribution in [1.82, 2.24) is 19.9 Å². The lowest BCUT2D eigenvalue weighted by Crippen LogP contribution is -2.29. The van der Waals surface area contributed by atoms with Gasteiger partial charge in [-0.1, -0.05) is 0 Å². The number of likely N-dealkylation sites (tertiary alicyclic amines) is 1. The molecule has 1 amide bonds. The Hall–Kier alpha value is -3.88. The van der Waals surface area contributed by atoms with Crippen molar-refractivity contribution < 1.29 is 14.3 Å². The molecule has 3 aromatic rings. The normalized spacial score (nSPS) is 15.7. The van der Waals surface area contributed by atoms with E-state index in [-0.39, 0.29) is 22.9 Å². The highest BCUT2D eigenvalue weighted by atomic mass is 16.5. The van der Waals surface area contributed by atoms with Crippen molar-refractivity contribution in [2.24, 2.45) is 0 Å². The second kappa shape index (κ2) is 8.47. The summed E-state index contributed by atoms with van der Waals surface area (Å²) in [6, 6.07) is 9.66. The number of aromatic nitrogens is 3. The van der Waals surface area contributed by atoms with E-state index >= 15 is 0 Å². The summed E-state index contributed by atoms with van der Waals surface area (Å²) >= 11 is 0. The molecule has 160 valence electrons. The first-order valence-electron chi connectivity index (χ1n) is 9.80. The molecule has 2 N–H and O–H groups in total. The van der Waals surface area contributed by atoms with Gasteiger partial charge in [-0.15, -0.1) is 0 Å². The molecular weight excluding hydrogens is 400 g/mol. The average Bonchev–Trinajstić information content (AvgIpc) is 3.28. The molecule has 0 radical (unpaired) electrons. The van der Waals surface area contributed by atoms with Gasteiger partial charge in [0.25, 0.3) is 17.0 Å². The fourth-order valence-corrected chi connectivity index (χ4v) is 3.75. The van der Waals surface area contributed by atoms with E-state index in [1.54, 1.807) is 35.2 Å². The van der Waals surface area contributed by atoms with Gasteiger partial charge in [-0.3, -0.25) is 14.4 Å². The lowest BCUT2D eigenvalue weighted by Gasteiger charge is -2.18. The van der Waals surface area contributed by atoms with Gasteiger partial charge >= 0.3 is 0 Å².